The van der Waals surface area contributed by atoms with Crippen LogP contribution in [0.15, 0.2) is 29.3 Å². The second-order valence-electron chi connectivity index (χ2n) is 6.02. The molecule has 0 saturated heterocycles. The Hall–Kier alpha value is -2.06. The van der Waals surface area contributed by atoms with Crippen LogP contribution in [0.4, 0.5) is 5.69 Å². The SMILES string of the molecule is CC[C@@H](C)[C@@H](NC(=O)CSC1=NCC(=O)N1c1ccccc1Cl)C(=O)OC. The molecule has 0 unspecified atom stereocenters. The number of carbonyl (C=O) groups is 3. The van der Waals surface area contributed by atoms with Gasteiger partial charge >= 0.3 is 5.97 Å². The first kappa shape index (κ1) is 21.2. The van der Waals surface area contributed by atoms with Crippen molar-refractivity contribution >= 4 is 52.0 Å². The number of hydrogen-bond acceptors (Lipinski definition) is 6. The molecule has 0 fully saturated rings. The Bertz CT molecular complexity index is 756. The number of para-hydroxylation sites is 1. The molecule has 7 nitrogen and oxygen atoms in total. The number of esters is 1. The van der Waals surface area contributed by atoms with E-state index >= 15 is 0 Å². The average molecular weight is 412 g/mol. The number of aliphatic imine (C=N–C) groups is 1. The van der Waals surface area contributed by atoms with E-state index in [0.29, 0.717) is 22.3 Å². The first-order valence-electron chi connectivity index (χ1n) is 8.51. The molecule has 2 amide bonds. The van der Waals surface area contributed by atoms with Gasteiger partial charge in [0, 0.05) is 0 Å². The van der Waals surface area contributed by atoms with E-state index in [4.69, 9.17) is 16.3 Å². The minimum atomic E-state index is -0.708. The van der Waals surface area contributed by atoms with Gasteiger partial charge in [0.15, 0.2) is 5.17 Å². The number of rotatable bonds is 7. The lowest BCUT2D eigenvalue weighted by molar-refractivity contribution is -0.146. The molecular weight excluding hydrogens is 390 g/mol. The molecule has 2 atom stereocenters. The number of ether oxygens (including phenoxy) is 1. The summed E-state index contributed by atoms with van der Waals surface area (Å²) >= 11 is 7.30. The summed E-state index contributed by atoms with van der Waals surface area (Å²) in [4.78, 5) is 42.0. The number of anilines is 1. The number of methoxy groups -OCH3 is 1. The topological polar surface area (TPSA) is 88.1 Å². The van der Waals surface area contributed by atoms with Crippen molar-refractivity contribution in [3.05, 3.63) is 29.3 Å². The van der Waals surface area contributed by atoms with E-state index in [2.05, 4.69) is 10.3 Å². The van der Waals surface area contributed by atoms with Crippen LogP contribution in [0.25, 0.3) is 0 Å². The lowest BCUT2D eigenvalue weighted by atomic mass is 9.99. The first-order valence-corrected chi connectivity index (χ1v) is 9.87. The fourth-order valence-corrected chi connectivity index (χ4v) is 3.55. The Morgan fingerprint density at radius 1 is 1.41 bits per heavy atom. The van der Waals surface area contributed by atoms with Crippen molar-refractivity contribution in [3.8, 4) is 0 Å². The van der Waals surface area contributed by atoms with Crippen molar-refractivity contribution in [2.24, 2.45) is 10.9 Å². The predicted octanol–water partition coefficient (Wildman–Crippen LogP) is 2.48. The van der Waals surface area contributed by atoms with Gasteiger partial charge in [-0.05, 0) is 18.1 Å². The van der Waals surface area contributed by atoms with E-state index in [0.717, 1.165) is 11.8 Å². The number of hydrogen-bond donors (Lipinski definition) is 1. The van der Waals surface area contributed by atoms with Gasteiger partial charge in [-0.3, -0.25) is 19.5 Å². The van der Waals surface area contributed by atoms with Crippen LogP contribution in [-0.4, -0.2) is 48.4 Å². The summed E-state index contributed by atoms with van der Waals surface area (Å²) < 4.78 is 4.76. The molecule has 9 heteroatoms. The van der Waals surface area contributed by atoms with Gasteiger partial charge in [0.1, 0.15) is 12.6 Å². The zero-order valence-electron chi connectivity index (χ0n) is 15.4. The quantitative estimate of drug-likeness (QED) is 0.696. The molecular formula is C18H22ClN3O4S. The van der Waals surface area contributed by atoms with Crippen molar-refractivity contribution in [1.82, 2.24) is 5.32 Å². The molecule has 0 saturated carbocycles. The summed E-state index contributed by atoms with van der Waals surface area (Å²) in [6.45, 7) is 3.81. The third-order valence-corrected chi connectivity index (χ3v) is 5.50. The second-order valence-corrected chi connectivity index (χ2v) is 7.37. The van der Waals surface area contributed by atoms with Crippen LogP contribution >= 0.6 is 23.4 Å². The van der Waals surface area contributed by atoms with E-state index in [1.807, 2.05) is 13.8 Å². The van der Waals surface area contributed by atoms with Crippen LogP contribution in [0.3, 0.4) is 0 Å². The normalized spacial score (nSPS) is 15.9. The van der Waals surface area contributed by atoms with Gasteiger partial charge in [0.25, 0.3) is 5.91 Å². The molecule has 1 N–H and O–H groups in total. The summed E-state index contributed by atoms with van der Waals surface area (Å²) in [6, 6.07) is 6.24. The first-order chi connectivity index (χ1) is 12.9. The van der Waals surface area contributed by atoms with Crippen molar-refractivity contribution in [1.29, 1.82) is 0 Å². The standard InChI is InChI=1S/C18H22ClN3O4S/c1-4-11(2)16(17(25)26-3)21-14(23)10-27-18-20-9-15(24)22(18)13-8-6-5-7-12(13)19/h5-8,11,16H,4,9-10H2,1-3H3,(H,21,23)/t11-,16-/m1/s1. The molecule has 0 bridgehead atoms. The Balaban J connectivity index is 2.02. The molecule has 146 valence electrons. The van der Waals surface area contributed by atoms with Crippen molar-refractivity contribution in [2.75, 3.05) is 24.3 Å². The van der Waals surface area contributed by atoms with Crippen LogP contribution in [0, 0.1) is 5.92 Å². The third-order valence-electron chi connectivity index (χ3n) is 4.20. The molecule has 0 radical (unpaired) electrons. The van der Waals surface area contributed by atoms with Gasteiger partial charge in [0.05, 0.1) is 23.6 Å². The van der Waals surface area contributed by atoms with Crippen molar-refractivity contribution < 1.29 is 19.1 Å². The number of thioether (sulfide) groups is 1. The average Bonchev–Trinajstić information content (AvgIpc) is 3.04. The maximum absolute atomic E-state index is 12.3. The fraction of sp³-hybridized carbons (Fsp3) is 0.444. The summed E-state index contributed by atoms with van der Waals surface area (Å²) in [7, 11) is 1.29. The number of amides is 2. The van der Waals surface area contributed by atoms with E-state index in [-0.39, 0.29) is 30.0 Å². The van der Waals surface area contributed by atoms with E-state index in [1.54, 1.807) is 24.3 Å². The molecule has 2 rings (SSSR count). The van der Waals surface area contributed by atoms with Crippen molar-refractivity contribution in [2.45, 2.75) is 26.3 Å². The number of amidine groups is 1. The fourth-order valence-electron chi connectivity index (χ4n) is 2.51. The summed E-state index contributed by atoms with van der Waals surface area (Å²) in [5, 5.41) is 3.53. The van der Waals surface area contributed by atoms with Crippen LogP contribution in [0.2, 0.25) is 5.02 Å². The van der Waals surface area contributed by atoms with E-state index in [9.17, 15) is 14.4 Å². The largest absolute Gasteiger partial charge is 0.467 e. The number of nitrogens with zero attached hydrogens (tertiary/aromatic N) is 2. The highest BCUT2D eigenvalue weighted by Gasteiger charge is 2.30. The zero-order chi connectivity index (χ0) is 20.0. The Labute approximate surface area is 167 Å². The number of nitrogens with one attached hydrogen (secondary N) is 1. The monoisotopic (exact) mass is 411 g/mol. The highest BCUT2D eigenvalue weighted by atomic mass is 35.5. The molecule has 1 aliphatic rings. The third kappa shape index (κ3) is 5.23. The number of carbonyl (C=O) groups excluding carboxylic acids is 3. The zero-order valence-corrected chi connectivity index (χ0v) is 17.0. The maximum atomic E-state index is 12.3. The van der Waals surface area contributed by atoms with Crippen molar-refractivity contribution in [3.63, 3.8) is 0 Å². The van der Waals surface area contributed by atoms with Gasteiger partial charge in [-0.25, -0.2) is 4.79 Å². The van der Waals surface area contributed by atoms with Gasteiger partial charge in [-0.15, -0.1) is 0 Å². The molecule has 0 spiro atoms. The molecule has 1 aromatic carbocycles. The van der Waals surface area contributed by atoms with Gasteiger partial charge < -0.3 is 10.1 Å². The highest BCUT2D eigenvalue weighted by molar-refractivity contribution is 8.14. The number of halogens is 1. The minimum absolute atomic E-state index is 0.00678. The Kier molecular flexibility index (Phi) is 7.67. The Morgan fingerprint density at radius 3 is 2.74 bits per heavy atom. The lowest BCUT2D eigenvalue weighted by Crippen LogP contribution is -2.46. The molecule has 0 aromatic heterocycles. The summed E-state index contributed by atoms with van der Waals surface area (Å²) in [5.41, 5.74) is 0.528. The lowest BCUT2D eigenvalue weighted by Gasteiger charge is -2.22. The molecule has 1 heterocycles. The molecule has 0 aliphatic carbocycles. The molecule has 1 aromatic rings. The van der Waals surface area contributed by atoms with Crippen LogP contribution in [-0.2, 0) is 19.1 Å². The van der Waals surface area contributed by atoms with Crippen LogP contribution in [0.5, 0.6) is 0 Å². The van der Waals surface area contributed by atoms with E-state index in [1.165, 1.54) is 12.0 Å². The minimum Gasteiger partial charge on any atom is -0.467 e. The maximum Gasteiger partial charge on any atom is 0.328 e. The smallest absolute Gasteiger partial charge is 0.328 e. The predicted molar refractivity (Wildman–Crippen MR) is 107 cm³/mol. The molecule has 27 heavy (non-hydrogen) atoms. The van der Waals surface area contributed by atoms with Gasteiger partial charge in [-0.1, -0.05) is 55.8 Å². The summed E-state index contributed by atoms with van der Waals surface area (Å²) in [6.07, 6.45) is 0.717. The van der Waals surface area contributed by atoms with Gasteiger partial charge in [0.2, 0.25) is 5.91 Å². The van der Waals surface area contributed by atoms with Crippen LogP contribution in [0.1, 0.15) is 20.3 Å². The van der Waals surface area contributed by atoms with Crippen LogP contribution < -0.4 is 10.2 Å². The Morgan fingerprint density at radius 2 is 2.11 bits per heavy atom. The van der Waals surface area contributed by atoms with Gasteiger partial charge in [-0.2, -0.15) is 0 Å². The summed E-state index contributed by atoms with van der Waals surface area (Å²) in [5.74, 6) is -1.07. The second kappa shape index (κ2) is 9.75. The highest BCUT2D eigenvalue weighted by Crippen LogP contribution is 2.30. The van der Waals surface area contributed by atoms with E-state index < -0.39 is 12.0 Å². The molecule has 1 aliphatic heterocycles. The number of benzene rings is 1.